The van der Waals surface area contributed by atoms with Crippen molar-refractivity contribution in [3.05, 3.63) is 0 Å². The van der Waals surface area contributed by atoms with E-state index in [0.717, 1.165) is 32.1 Å². The molecule has 0 saturated carbocycles. The summed E-state index contributed by atoms with van der Waals surface area (Å²) in [4.78, 5) is 22.4. The van der Waals surface area contributed by atoms with Gasteiger partial charge in [-0.1, -0.05) is 35.2 Å². The molecule has 0 aromatic rings. The van der Waals surface area contributed by atoms with Crippen LogP contribution in [0.1, 0.15) is 59.3 Å². The molecule has 0 spiro atoms. The third-order valence-corrected chi connectivity index (χ3v) is 3.33. The first-order valence-electron chi connectivity index (χ1n) is 6.97. The average Bonchev–Trinajstić information content (AvgIpc) is 2.32. The molecule has 19 heavy (non-hydrogen) atoms. The highest BCUT2D eigenvalue weighted by Gasteiger charge is 2.14. The summed E-state index contributed by atoms with van der Waals surface area (Å²) < 4.78 is 9.95. The maximum absolute atomic E-state index is 11.3. The van der Waals surface area contributed by atoms with Crippen LogP contribution in [0, 0.1) is 0 Å². The van der Waals surface area contributed by atoms with Crippen molar-refractivity contribution in [2.45, 2.75) is 70.2 Å². The largest absolute Gasteiger partial charge is 0.465 e. The zero-order valence-corrected chi connectivity index (χ0v) is 13.7. The summed E-state index contributed by atoms with van der Waals surface area (Å²) >= 11 is 3.32. The normalized spacial score (nSPS) is 12.3. The van der Waals surface area contributed by atoms with E-state index in [1.54, 1.807) is 6.92 Å². The van der Waals surface area contributed by atoms with E-state index in [1.165, 1.54) is 0 Å². The Bertz CT molecular complexity index is 266. The lowest BCUT2D eigenvalue weighted by atomic mass is 10.1. The van der Waals surface area contributed by atoms with Crippen LogP contribution < -0.4 is 0 Å². The fourth-order valence-electron chi connectivity index (χ4n) is 1.62. The third-order valence-electron chi connectivity index (χ3n) is 2.50. The number of carbonyl (C=O) groups is 2. The maximum Gasteiger partial charge on any atom is 0.319 e. The van der Waals surface area contributed by atoms with Gasteiger partial charge in [-0.3, -0.25) is 9.59 Å². The Morgan fingerprint density at radius 3 is 2.32 bits per heavy atom. The molecule has 0 aromatic carbocycles. The third kappa shape index (κ3) is 11.0. The van der Waals surface area contributed by atoms with Crippen molar-refractivity contribution in [1.29, 1.82) is 0 Å². The van der Waals surface area contributed by atoms with E-state index >= 15 is 0 Å². The second-order valence-electron chi connectivity index (χ2n) is 4.71. The predicted molar refractivity (Wildman–Crippen MR) is 78.3 cm³/mol. The van der Waals surface area contributed by atoms with E-state index in [-0.39, 0.29) is 22.9 Å². The number of hydrogen-bond acceptors (Lipinski definition) is 4. The molecule has 5 heteroatoms. The Labute approximate surface area is 124 Å². The SMILES string of the molecule is CCOC(=O)C(Br)CCCCCCC(=O)OC(C)C. The summed E-state index contributed by atoms with van der Waals surface area (Å²) in [6.45, 7) is 5.92. The first kappa shape index (κ1) is 18.4. The molecule has 1 atom stereocenters. The highest BCUT2D eigenvalue weighted by atomic mass is 79.9. The van der Waals surface area contributed by atoms with E-state index in [2.05, 4.69) is 15.9 Å². The van der Waals surface area contributed by atoms with Gasteiger partial charge in [-0.25, -0.2) is 0 Å². The van der Waals surface area contributed by atoms with Gasteiger partial charge >= 0.3 is 11.9 Å². The van der Waals surface area contributed by atoms with Gasteiger partial charge in [0.05, 0.1) is 12.7 Å². The summed E-state index contributed by atoms with van der Waals surface area (Å²) in [5, 5.41) is 0. The molecule has 1 unspecified atom stereocenters. The van der Waals surface area contributed by atoms with Crippen LogP contribution in [0.5, 0.6) is 0 Å². The second-order valence-corrected chi connectivity index (χ2v) is 5.82. The molecular formula is C14H25BrO4. The summed E-state index contributed by atoms with van der Waals surface area (Å²) in [6, 6.07) is 0. The molecule has 0 aliphatic rings. The zero-order valence-electron chi connectivity index (χ0n) is 12.1. The van der Waals surface area contributed by atoms with Crippen molar-refractivity contribution in [3.63, 3.8) is 0 Å². The quantitative estimate of drug-likeness (QED) is 0.347. The molecule has 0 aliphatic heterocycles. The Morgan fingerprint density at radius 1 is 1.11 bits per heavy atom. The van der Waals surface area contributed by atoms with E-state index in [1.807, 2.05) is 13.8 Å². The molecule has 0 fully saturated rings. The fourth-order valence-corrected chi connectivity index (χ4v) is 2.07. The Balaban J connectivity index is 3.45. The lowest BCUT2D eigenvalue weighted by molar-refractivity contribution is -0.147. The molecule has 0 saturated heterocycles. The van der Waals surface area contributed by atoms with Gasteiger partial charge in [-0.05, 0) is 33.6 Å². The first-order chi connectivity index (χ1) is 8.97. The van der Waals surface area contributed by atoms with Gasteiger partial charge in [0.15, 0.2) is 0 Å². The average molecular weight is 337 g/mol. The number of ether oxygens (including phenoxy) is 2. The summed E-state index contributed by atoms with van der Waals surface area (Å²) in [6.07, 6.45) is 5.01. The van der Waals surface area contributed by atoms with Gasteiger partial charge in [-0.15, -0.1) is 0 Å². The van der Waals surface area contributed by atoms with Gasteiger partial charge < -0.3 is 9.47 Å². The number of halogens is 1. The van der Waals surface area contributed by atoms with Crippen LogP contribution in [-0.2, 0) is 19.1 Å². The van der Waals surface area contributed by atoms with Gasteiger partial charge in [0.2, 0.25) is 0 Å². The summed E-state index contributed by atoms with van der Waals surface area (Å²) in [5.74, 6) is -0.317. The number of carbonyl (C=O) groups excluding carboxylic acids is 2. The fraction of sp³-hybridized carbons (Fsp3) is 0.857. The van der Waals surface area contributed by atoms with Crippen molar-refractivity contribution in [2.75, 3.05) is 6.61 Å². The lowest BCUT2D eigenvalue weighted by Crippen LogP contribution is -2.17. The van der Waals surface area contributed by atoms with Crippen LogP contribution in [0.15, 0.2) is 0 Å². The van der Waals surface area contributed by atoms with Gasteiger partial charge in [0.1, 0.15) is 4.83 Å². The molecule has 0 aromatic heterocycles. The van der Waals surface area contributed by atoms with Crippen molar-refractivity contribution in [3.8, 4) is 0 Å². The summed E-state index contributed by atoms with van der Waals surface area (Å²) in [7, 11) is 0. The number of esters is 2. The zero-order chi connectivity index (χ0) is 14.7. The monoisotopic (exact) mass is 336 g/mol. The van der Waals surface area contributed by atoms with E-state index in [9.17, 15) is 9.59 Å². The predicted octanol–water partition coefficient (Wildman–Crippen LogP) is 3.61. The van der Waals surface area contributed by atoms with Crippen LogP contribution in [0.25, 0.3) is 0 Å². The molecule has 0 amide bonds. The Morgan fingerprint density at radius 2 is 1.74 bits per heavy atom. The molecule has 0 bridgehead atoms. The van der Waals surface area contributed by atoms with Crippen molar-refractivity contribution >= 4 is 27.9 Å². The van der Waals surface area contributed by atoms with Crippen LogP contribution >= 0.6 is 15.9 Å². The minimum absolute atomic E-state index is 0.0359. The molecule has 112 valence electrons. The van der Waals surface area contributed by atoms with E-state index in [0.29, 0.717) is 13.0 Å². The van der Waals surface area contributed by atoms with Crippen LogP contribution in [0.2, 0.25) is 0 Å². The second kappa shape index (κ2) is 11.3. The number of unbranched alkanes of at least 4 members (excludes halogenated alkanes) is 3. The number of hydrogen-bond donors (Lipinski definition) is 0. The number of rotatable bonds is 10. The molecule has 0 radical (unpaired) electrons. The molecule has 4 nitrogen and oxygen atoms in total. The standard InChI is InChI=1S/C14H25BrO4/c1-4-18-14(17)12(15)9-7-5-6-8-10-13(16)19-11(2)3/h11-12H,4-10H2,1-3H3. The van der Waals surface area contributed by atoms with Crippen molar-refractivity contribution in [1.82, 2.24) is 0 Å². The van der Waals surface area contributed by atoms with Crippen LogP contribution in [-0.4, -0.2) is 29.5 Å². The smallest absolute Gasteiger partial charge is 0.319 e. The summed E-state index contributed by atoms with van der Waals surface area (Å²) in [5.41, 5.74) is 0. The maximum atomic E-state index is 11.3. The molecule has 0 N–H and O–H groups in total. The van der Waals surface area contributed by atoms with Gasteiger partial charge in [0, 0.05) is 6.42 Å². The van der Waals surface area contributed by atoms with Crippen LogP contribution in [0.4, 0.5) is 0 Å². The minimum atomic E-state index is -0.210. The van der Waals surface area contributed by atoms with Gasteiger partial charge in [-0.2, -0.15) is 0 Å². The van der Waals surface area contributed by atoms with Crippen molar-refractivity contribution < 1.29 is 19.1 Å². The lowest BCUT2D eigenvalue weighted by Gasteiger charge is -2.09. The highest BCUT2D eigenvalue weighted by molar-refractivity contribution is 9.10. The number of alkyl halides is 1. The minimum Gasteiger partial charge on any atom is -0.465 e. The molecular weight excluding hydrogens is 312 g/mol. The topological polar surface area (TPSA) is 52.6 Å². The van der Waals surface area contributed by atoms with E-state index in [4.69, 9.17) is 9.47 Å². The van der Waals surface area contributed by atoms with Crippen LogP contribution in [0.3, 0.4) is 0 Å². The van der Waals surface area contributed by atoms with Crippen molar-refractivity contribution in [2.24, 2.45) is 0 Å². The molecule has 0 aliphatic carbocycles. The van der Waals surface area contributed by atoms with E-state index < -0.39 is 0 Å². The Kier molecular flexibility index (Phi) is 10.9. The Hall–Kier alpha value is -0.580. The first-order valence-corrected chi connectivity index (χ1v) is 7.89. The molecule has 0 rings (SSSR count). The molecule has 0 heterocycles. The van der Waals surface area contributed by atoms with Gasteiger partial charge in [0.25, 0.3) is 0 Å². The highest BCUT2D eigenvalue weighted by Crippen LogP contribution is 2.14.